The molecular weight excluding hydrogens is 331 g/mol. The van der Waals surface area contributed by atoms with Gasteiger partial charge in [-0.15, -0.1) is 0 Å². The van der Waals surface area contributed by atoms with E-state index in [1.54, 1.807) is 24.3 Å². The highest BCUT2D eigenvalue weighted by atomic mass is 32.2. The summed E-state index contributed by atoms with van der Waals surface area (Å²) in [6.45, 7) is 1.61. The number of ether oxygens (including phenoxy) is 1. The lowest BCUT2D eigenvalue weighted by atomic mass is 10.2. The first-order valence-corrected chi connectivity index (χ1v) is 9.33. The van der Waals surface area contributed by atoms with E-state index in [0.717, 1.165) is 18.4 Å². The van der Waals surface area contributed by atoms with E-state index >= 15 is 0 Å². The van der Waals surface area contributed by atoms with E-state index in [1.807, 2.05) is 0 Å². The summed E-state index contributed by atoms with van der Waals surface area (Å²) >= 11 is 0. The van der Waals surface area contributed by atoms with Gasteiger partial charge in [0.05, 0.1) is 11.4 Å². The molecule has 0 atom stereocenters. The van der Waals surface area contributed by atoms with Gasteiger partial charge < -0.3 is 10.1 Å². The second-order valence-electron chi connectivity index (χ2n) is 5.51. The van der Waals surface area contributed by atoms with Crippen molar-refractivity contribution >= 4 is 15.7 Å². The van der Waals surface area contributed by atoms with Gasteiger partial charge in [-0.05, 0) is 35.9 Å². The quantitative estimate of drug-likeness (QED) is 0.899. The normalized spacial score (nSPS) is 14.2. The Hall–Kier alpha value is -2.41. The second-order valence-corrected chi connectivity index (χ2v) is 7.52. The Morgan fingerprint density at radius 3 is 2.54 bits per heavy atom. The maximum atomic E-state index is 14.1. The molecule has 0 saturated heterocycles. The molecule has 2 aromatic rings. The van der Waals surface area contributed by atoms with Crippen molar-refractivity contribution in [2.75, 3.05) is 19.3 Å². The Bertz CT molecular complexity index is 877. The van der Waals surface area contributed by atoms with E-state index < -0.39 is 15.7 Å². The fraction of sp³-hybridized carbons (Fsp3) is 0.235. The Morgan fingerprint density at radius 2 is 1.96 bits per heavy atom. The molecule has 24 heavy (non-hydrogen) atoms. The molecule has 0 amide bonds. The second kappa shape index (κ2) is 6.60. The van der Waals surface area contributed by atoms with Gasteiger partial charge >= 0.3 is 0 Å². The maximum Gasteiger partial charge on any atom is 0.175 e. The summed E-state index contributed by atoms with van der Waals surface area (Å²) < 4.78 is 42.4. The number of aliphatic imine (C=N–C) groups is 1. The minimum atomic E-state index is -3.22. The van der Waals surface area contributed by atoms with Gasteiger partial charge in [0.2, 0.25) is 0 Å². The van der Waals surface area contributed by atoms with Gasteiger partial charge in [0.25, 0.3) is 0 Å². The molecule has 0 bridgehead atoms. The van der Waals surface area contributed by atoms with Gasteiger partial charge in [-0.25, -0.2) is 12.8 Å². The Labute approximate surface area is 140 Å². The fourth-order valence-electron chi connectivity index (χ4n) is 2.35. The number of hydrogen-bond acceptors (Lipinski definition) is 5. The van der Waals surface area contributed by atoms with E-state index in [0.29, 0.717) is 17.9 Å². The number of sulfone groups is 1. The highest BCUT2D eigenvalue weighted by Gasteiger charge is 2.12. The van der Waals surface area contributed by atoms with Crippen LogP contribution in [0.3, 0.4) is 0 Å². The average molecular weight is 348 g/mol. The van der Waals surface area contributed by atoms with Crippen LogP contribution < -0.4 is 10.1 Å². The molecule has 7 heteroatoms. The van der Waals surface area contributed by atoms with Gasteiger partial charge in [-0.3, -0.25) is 4.99 Å². The van der Waals surface area contributed by atoms with E-state index in [-0.39, 0.29) is 17.3 Å². The predicted molar refractivity (Wildman–Crippen MR) is 89.7 cm³/mol. The van der Waals surface area contributed by atoms with Gasteiger partial charge in [-0.1, -0.05) is 12.1 Å². The molecule has 0 saturated carbocycles. The highest BCUT2D eigenvalue weighted by molar-refractivity contribution is 7.90. The zero-order valence-corrected chi connectivity index (χ0v) is 13.9. The first-order chi connectivity index (χ1) is 11.4. The summed E-state index contributed by atoms with van der Waals surface area (Å²) in [4.78, 5) is 4.49. The standard InChI is InChI=1S/C17H17FN2O3S/c1-24(21,22)14-5-2-12(3-6-14)11-23-16-7-4-13(10-15(16)18)17-19-8-9-20-17/h2-7,10H,8-9,11H2,1H3,(H,19,20). The monoisotopic (exact) mass is 348 g/mol. The number of benzene rings is 2. The van der Waals surface area contributed by atoms with E-state index in [4.69, 9.17) is 4.74 Å². The van der Waals surface area contributed by atoms with Gasteiger partial charge in [0.15, 0.2) is 21.4 Å². The van der Waals surface area contributed by atoms with Crippen molar-refractivity contribution in [3.05, 3.63) is 59.4 Å². The number of amidine groups is 1. The number of rotatable bonds is 5. The average Bonchev–Trinajstić information content (AvgIpc) is 3.08. The molecule has 1 aliphatic heterocycles. The van der Waals surface area contributed by atoms with E-state index in [9.17, 15) is 12.8 Å². The topological polar surface area (TPSA) is 67.8 Å². The summed E-state index contributed by atoms with van der Waals surface area (Å²) in [5.74, 6) is 0.373. The Balaban J connectivity index is 1.68. The molecule has 5 nitrogen and oxygen atoms in total. The molecule has 1 heterocycles. The molecule has 3 rings (SSSR count). The van der Waals surface area contributed by atoms with Crippen LogP contribution in [0.5, 0.6) is 5.75 Å². The Morgan fingerprint density at radius 1 is 1.21 bits per heavy atom. The van der Waals surface area contributed by atoms with Gasteiger partial charge in [-0.2, -0.15) is 0 Å². The van der Waals surface area contributed by atoms with E-state index in [2.05, 4.69) is 10.3 Å². The van der Waals surface area contributed by atoms with Gasteiger partial charge in [0, 0.05) is 18.4 Å². The molecule has 126 valence electrons. The van der Waals surface area contributed by atoms with Crippen LogP contribution in [0.2, 0.25) is 0 Å². The van der Waals surface area contributed by atoms with Crippen LogP contribution in [0, 0.1) is 5.82 Å². The largest absolute Gasteiger partial charge is 0.486 e. The third-order valence-corrected chi connectivity index (χ3v) is 4.75. The van der Waals surface area contributed by atoms with Crippen molar-refractivity contribution in [2.24, 2.45) is 4.99 Å². The molecule has 0 radical (unpaired) electrons. The summed E-state index contributed by atoms with van der Waals surface area (Å²) in [5, 5.41) is 3.09. The molecule has 0 spiro atoms. The molecular formula is C17H17FN2O3S. The SMILES string of the molecule is CS(=O)(=O)c1ccc(COc2ccc(C3=NCCN3)cc2F)cc1. The first kappa shape index (κ1) is 16.4. The summed E-state index contributed by atoms with van der Waals surface area (Å²) in [5.41, 5.74) is 1.45. The molecule has 2 aromatic carbocycles. The van der Waals surface area contributed by atoms with Crippen molar-refractivity contribution in [2.45, 2.75) is 11.5 Å². The predicted octanol–water partition coefficient (Wildman–Crippen LogP) is 2.16. The van der Waals surface area contributed by atoms with Crippen molar-refractivity contribution in [3.63, 3.8) is 0 Å². The van der Waals surface area contributed by atoms with Crippen LogP contribution in [-0.2, 0) is 16.4 Å². The fourth-order valence-corrected chi connectivity index (χ4v) is 2.98. The lowest BCUT2D eigenvalue weighted by Crippen LogP contribution is -2.19. The molecule has 0 aliphatic carbocycles. The molecule has 0 fully saturated rings. The minimum Gasteiger partial charge on any atom is -0.486 e. The molecule has 0 unspecified atom stereocenters. The van der Waals surface area contributed by atoms with Crippen LogP contribution in [0.4, 0.5) is 4.39 Å². The van der Waals surface area contributed by atoms with Crippen molar-refractivity contribution in [3.8, 4) is 5.75 Å². The molecule has 1 N–H and O–H groups in total. The first-order valence-electron chi connectivity index (χ1n) is 7.43. The van der Waals surface area contributed by atoms with Crippen LogP contribution in [0.15, 0.2) is 52.4 Å². The Kier molecular flexibility index (Phi) is 4.53. The van der Waals surface area contributed by atoms with Crippen molar-refractivity contribution < 1.29 is 17.5 Å². The maximum absolute atomic E-state index is 14.1. The molecule has 0 aromatic heterocycles. The van der Waals surface area contributed by atoms with Crippen molar-refractivity contribution in [1.82, 2.24) is 5.32 Å². The zero-order valence-electron chi connectivity index (χ0n) is 13.1. The lowest BCUT2D eigenvalue weighted by Gasteiger charge is -2.09. The van der Waals surface area contributed by atoms with E-state index in [1.165, 1.54) is 18.2 Å². The lowest BCUT2D eigenvalue weighted by molar-refractivity contribution is 0.290. The molecule has 1 aliphatic rings. The zero-order chi connectivity index (χ0) is 17.2. The van der Waals surface area contributed by atoms with Crippen molar-refractivity contribution in [1.29, 1.82) is 0 Å². The third-order valence-electron chi connectivity index (χ3n) is 3.63. The van der Waals surface area contributed by atoms with Crippen LogP contribution >= 0.6 is 0 Å². The van der Waals surface area contributed by atoms with Crippen LogP contribution in [0.1, 0.15) is 11.1 Å². The van der Waals surface area contributed by atoms with Crippen LogP contribution in [-0.4, -0.2) is 33.6 Å². The summed E-state index contributed by atoms with van der Waals surface area (Å²) in [6.07, 6.45) is 1.15. The number of nitrogens with one attached hydrogen (secondary N) is 1. The smallest absolute Gasteiger partial charge is 0.175 e. The number of halogens is 1. The highest BCUT2D eigenvalue weighted by Crippen LogP contribution is 2.21. The summed E-state index contributed by atoms with van der Waals surface area (Å²) in [7, 11) is -3.22. The number of nitrogens with zero attached hydrogens (tertiary/aromatic N) is 1. The number of hydrogen-bond donors (Lipinski definition) is 1. The minimum absolute atomic E-state index is 0.143. The van der Waals surface area contributed by atoms with Crippen LogP contribution in [0.25, 0.3) is 0 Å². The summed E-state index contributed by atoms with van der Waals surface area (Å²) in [6, 6.07) is 11.0. The van der Waals surface area contributed by atoms with Gasteiger partial charge in [0.1, 0.15) is 12.4 Å². The third kappa shape index (κ3) is 3.73.